The van der Waals surface area contributed by atoms with Gasteiger partial charge in [0.15, 0.2) is 5.78 Å². The Kier molecular flexibility index (Phi) is 5.36. The fourth-order valence-corrected chi connectivity index (χ4v) is 1.93. The van der Waals surface area contributed by atoms with E-state index in [-0.39, 0.29) is 24.2 Å². The molecule has 1 N–H and O–H groups in total. The molecule has 0 amide bonds. The van der Waals surface area contributed by atoms with Crippen LogP contribution >= 0.6 is 0 Å². The number of carbonyl (C=O) groups excluding carboxylic acids is 1. The van der Waals surface area contributed by atoms with Crippen LogP contribution in [0, 0.1) is 11.8 Å². The molecule has 0 aliphatic carbocycles. The molecule has 1 atom stereocenters. The van der Waals surface area contributed by atoms with E-state index in [1.54, 1.807) is 0 Å². The number of aliphatic hydroxyl groups is 1. The van der Waals surface area contributed by atoms with Gasteiger partial charge in [0.05, 0.1) is 6.61 Å². The average Bonchev–Trinajstić information content (AvgIpc) is 2.30. The molecule has 0 aromatic heterocycles. The van der Waals surface area contributed by atoms with Gasteiger partial charge in [0, 0.05) is 11.5 Å². The number of benzene rings is 1. The van der Waals surface area contributed by atoms with Crippen LogP contribution in [-0.4, -0.2) is 17.5 Å². The van der Waals surface area contributed by atoms with Crippen LogP contribution in [0.1, 0.15) is 43.1 Å². The Morgan fingerprint density at radius 2 is 1.82 bits per heavy atom. The van der Waals surface area contributed by atoms with Crippen molar-refractivity contribution in [3.63, 3.8) is 0 Å². The molecule has 0 aliphatic rings. The molecular formula is C15H22O2. The zero-order valence-corrected chi connectivity index (χ0v) is 10.9. The van der Waals surface area contributed by atoms with E-state index < -0.39 is 0 Å². The zero-order chi connectivity index (χ0) is 12.8. The quantitative estimate of drug-likeness (QED) is 0.768. The number of hydrogen-bond donors (Lipinski definition) is 1. The van der Waals surface area contributed by atoms with E-state index in [1.807, 2.05) is 38.1 Å². The van der Waals surface area contributed by atoms with Gasteiger partial charge in [0.2, 0.25) is 0 Å². The van der Waals surface area contributed by atoms with Gasteiger partial charge in [0.25, 0.3) is 0 Å². The summed E-state index contributed by atoms with van der Waals surface area (Å²) in [6.45, 7) is 5.99. The van der Waals surface area contributed by atoms with E-state index >= 15 is 0 Å². The fourth-order valence-electron chi connectivity index (χ4n) is 1.93. The highest BCUT2D eigenvalue weighted by atomic mass is 16.3. The molecule has 0 heterocycles. The van der Waals surface area contributed by atoms with Crippen molar-refractivity contribution in [2.75, 3.05) is 6.61 Å². The van der Waals surface area contributed by atoms with Gasteiger partial charge in [-0.1, -0.05) is 51.5 Å². The smallest absolute Gasteiger partial charge is 0.168 e. The average molecular weight is 234 g/mol. The Balaban J connectivity index is 2.81. The lowest BCUT2D eigenvalue weighted by atomic mass is 9.88. The third-order valence-electron chi connectivity index (χ3n) is 3.12. The largest absolute Gasteiger partial charge is 0.396 e. The number of hydrogen-bond acceptors (Lipinski definition) is 2. The summed E-state index contributed by atoms with van der Waals surface area (Å²) in [5.41, 5.74) is 1.96. The van der Waals surface area contributed by atoms with Crippen molar-refractivity contribution >= 4 is 5.78 Å². The SMILES string of the molecule is CCCc1ccc(C(=O)C(CO)C(C)C)cc1. The molecule has 0 radical (unpaired) electrons. The summed E-state index contributed by atoms with van der Waals surface area (Å²) in [5.74, 6) is -0.0691. The summed E-state index contributed by atoms with van der Waals surface area (Å²) in [4.78, 5) is 12.1. The van der Waals surface area contributed by atoms with Crippen molar-refractivity contribution in [1.82, 2.24) is 0 Å². The van der Waals surface area contributed by atoms with Crippen molar-refractivity contribution in [3.05, 3.63) is 35.4 Å². The molecule has 1 rings (SSSR count). The van der Waals surface area contributed by atoms with E-state index in [4.69, 9.17) is 0 Å². The molecule has 2 nitrogen and oxygen atoms in total. The number of aliphatic hydroxyl groups excluding tert-OH is 1. The topological polar surface area (TPSA) is 37.3 Å². The maximum absolute atomic E-state index is 12.1. The van der Waals surface area contributed by atoms with Crippen LogP contribution in [0.2, 0.25) is 0 Å². The minimum atomic E-state index is -0.285. The standard InChI is InChI=1S/C15H22O2/c1-4-5-12-6-8-13(9-7-12)15(17)14(10-16)11(2)3/h6-9,11,14,16H,4-5,10H2,1-3H3. The van der Waals surface area contributed by atoms with Crippen LogP contribution in [0.3, 0.4) is 0 Å². The van der Waals surface area contributed by atoms with Gasteiger partial charge in [-0.25, -0.2) is 0 Å². The molecule has 0 fully saturated rings. The predicted molar refractivity (Wildman–Crippen MR) is 70.2 cm³/mol. The molecule has 0 bridgehead atoms. The highest BCUT2D eigenvalue weighted by molar-refractivity contribution is 5.98. The summed E-state index contributed by atoms with van der Waals surface area (Å²) >= 11 is 0. The second-order valence-corrected chi connectivity index (χ2v) is 4.84. The Morgan fingerprint density at radius 1 is 1.24 bits per heavy atom. The maximum atomic E-state index is 12.1. The lowest BCUT2D eigenvalue weighted by Crippen LogP contribution is -2.24. The lowest BCUT2D eigenvalue weighted by Gasteiger charge is -2.16. The van der Waals surface area contributed by atoms with Gasteiger partial charge in [-0.05, 0) is 17.9 Å². The number of aryl methyl sites for hydroxylation is 1. The normalized spacial score (nSPS) is 12.8. The zero-order valence-electron chi connectivity index (χ0n) is 10.9. The monoisotopic (exact) mass is 234 g/mol. The van der Waals surface area contributed by atoms with Crippen LogP contribution in [0.25, 0.3) is 0 Å². The van der Waals surface area contributed by atoms with Gasteiger partial charge in [-0.2, -0.15) is 0 Å². The summed E-state index contributed by atoms with van der Waals surface area (Å²) in [6.07, 6.45) is 2.15. The minimum absolute atomic E-state index is 0.0468. The van der Waals surface area contributed by atoms with E-state index in [2.05, 4.69) is 6.92 Å². The van der Waals surface area contributed by atoms with Crippen LogP contribution in [0.15, 0.2) is 24.3 Å². The van der Waals surface area contributed by atoms with Crippen LogP contribution in [-0.2, 0) is 6.42 Å². The first-order valence-corrected chi connectivity index (χ1v) is 6.34. The van der Waals surface area contributed by atoms with Gasteiger partial charge < -0.3 is 5.11 Å². The number of carbonyl (C=O) groups is 1. The van der Waals surface area contributed by atoms with E-state index in [9.17, 15) is 9.90 Å². The molecule has 1 aromatic rings. The second-order valence-electron chi connectivity index (χ2n) is 4.84. The summed E-state index contributed by atoms with van der Waals surface area (Å²) in [6, 6.07) is 7.76. The van der Waals surface area contributed by atoms with Crippen LogP contribution in [0.5, 0.6) is 0 Å². The van der Waals surface area contributed by atoms with Gasteiger partial charge in [-0.15, -0.1) is 0 Å². The Labute approximate surface area is 104 Å². The molecule has 1 unspecified atom stereocenters. The lowest BCUT2D eigenvalue weighted by molar-refractivity contribution is 0.0807. The van der Waals surface area contributed by atoms with Crippen molar-refractivity contribution < 1.29 is 9.90 Å². The Hall–Kier alpha value is -1.15. The number of rotatable bonds is 6. The van der Waals surface area contributed by atoms with E-state index in [1.165, 1.54) is 5.56 Å². The first-order chi connectivity index (χ1) is 8.10. The van der Waals surface area contributed by atoms with Gasteiger partial charge in [0.1, 0.15) is 0 Å². The second kappa shape index (κ2) is 6.55. The third kappa shape index (κ3) is 3.67. The molecule has 1 aromatic carbocycles. The van der Waals surface area contributed by atoms with Crippen molar-refractivity contribution in [2.24, 2.45) is 11.8 Å². The van der Waals surface area contributed by atoms with Crippen LogP contribution < -0.4 is 0 Å². The first-order valence-electron chi connectivity index (χ1n) is 6.34. The molecule has 0 saturated carbocycles. The summed E-state index contributed by atoms with van der Waals surface area (Å²) in [5, 5.41) is 9.25. The van der Waals surface area contributed by atoms with Gasteiger partial charge in [-0.3, -0.25) is 4.79 Å². The summed E-state index contributed by atoms with van der Waals surface area (Å²) < 4.78 is 0. The minimum Gasteiger partial charge on any atom is -0.396 e. The predicted octanol–water partition coefficient (Wildman–Crippen LogP) is 3.09. The van der Waals surface area contributed by atoms with Crippen LogP contribution in [0.4, 0.5) is 0 Å². The van der Waals surface area contributed by atoms with Crippen molar-refractivity contribution in [1.29, 1.82) is 0 Å². The Bertz CT molecular complexity index is 352. The number of Topliss-reactive ketones (excluding diaryl/α,β-unsaturated/α-hetero) is 1. The summed E-state index contributed by atoms with van der Waals surface area (Å²) in [7, 11) is 0. The molecule has 0 spiro atoms. The maximum Gasteiger partial charge on any atom is 0.168 e. The molecule has 17 heavy (non-hydrogen) atoms. The molecule has 94 valence electrons. The number of ketones is 1. The molecule has 2 heteroatoms. The van der Waals surface area contributed by atoms with Crippen molar-refractivity contribution in [3.8, 4) is 0 Å². The highest BCUT2D eigenvalue weighted by Gasteiger charge is 2.22. The third-order valence-corrected chi connectivity index (χ3v) is 3.12. The highest BCUT2D eigenvalue weighted by Crippen LogP contribution is 2.17. The molecular weight excluding hydrogens is 212 g/mol. The fraction of sp³-hybridized carbons (Fsp3) is 0.533. The van der Waals surface area contributed by atoms with E-state index in [0.29, 0.717) is 5.56 Å². The first kappa shape index (κ1) is 13.9. The Morgan fingerprint density at radius 3 is 2.24 bits per heavy atom. The van der Waals surface area contributed by atoms with Crippen molar-refractivity contribution in [2.45, 2.75) is 33.6 Å². The molecule has 0 aliphatic heterocycles. The molecule has 0 saturated heterocycles. The van der Waals surface area contributed by atoms with Gasteiger partial charge >= 0.3 is 0 Å². The van der Waals surface area contributed by atoms with E-state index in [0.717, 1.165) is 12.8 Å².